The van der Waals surface area contributed by atoms with Gasteiger partial charge in [-0.1, -0.05) is 6.07 Å². The van der Waals surface area contributed by atoms with Crippen molar-refractivity contribution in [2.45, 2.75) is 11.4 Å². The molecule has 2 aromatic rings. The molecule has 0 radical (unpaired) electrons. The molecule has 0 aliphatic carbocycles. The van der Waals surface area contributed by atoms with Crippen LogP contribution in [0.3, 0.4) is 0 Å². The molecule has 0 aliphatic rings. The molecule has 0 amide bonds. The van der Waals surface area contributed by atoms with Crippen molar-refractivity contribution in [3.8, 4) is 5.75 Å². The van der Waals surface area contributed by atoms with E-state index in [9.17, 15) is 17.6 Å². The molecule has 8 heteroatoms. The zero-order valence-corrected chi connectivity index (χ0v) is 13.6. The maximum atomic E-state index is 13.0. The van der Waals surface area contributed by atoms with Crippen LogP contribution in [0.1, 0.15) is 0 Å². The Hall–Kier alpha value is -2.19. The molecule has 6 nitrogen and oxygen atoms in total. The van der Waals surface area contributed by atoms with Gasteiger partial charge in [-0.25, -0.2) is 17.1 Å². The van der Waals surface area contributed by atoms with Gasteiger partial charge in [-0.3, -0.25) is 4.79 Å². The van der Waals surface area contributed by atoms with E-state index in [0.717, 1.165) is 4.31 Å². The first-order chi connectivity index (χ1) is 10.8. The highest BCUT2D eigenvalue weighted by Crippen LogP contribution is 2.13. The number of halogens is 1. The van der Waals surface area contributed by atoms with Gasteiger partial charge in [-0.2, -0.15) is 0 Å². The van der Waals surface area contributed by atoms with E-state index >= 15 is 0 Å². The number of hydrogen-bond acceptors (Lipinski definition) is 4. The van der Waals surface area contributed by atoms with Crippen LogP contribution >= 0.6 is 0 Å². The molecule has 1 aromatic carbocycles. The van der Waals surface area contributed by atoms with E-state index in [1.807, 2.05) is 0 Å². The van der Waals surface area contributed by atoms with Gasteiger partial charge >= 0.3 is 0 Å². The zero-order chi connectivity index (χ0) is 17.0. The summed E-state index contributed by atoms with van der Waals surface area (Å²) in [4.78, 5) is 11.8. The minimum atomic E-state index is -3.62. The lowest BCUT2D eigenvalue weighted by atomic mass is 10.3. The number of pyridine rings is 1. The third-order valence-electron chi connectivity index (χ3n) is 3.13. The van der Waals surface area contributed by atoms with E-state index in [1.54, 1.807) is 6.07 Å². The SMILES string of the molecule is CN(C)S(=O)(=O)c1ccc(=O)n(CCOc2cccc(F)c2)c1. The maximum Gasteiger partial charge on any atom is 0.250 e. The Bertz CT molecular complexity index is 847. The van der Waals surface area contributed by atoms with E-state index in [2.05, 4.69) is 0 Å². The van der Waals surface area contributed by atoms with Gasteiger partial charge in [-0.15, -0.1) is 0 Å². The van der Waals surface area contributed by atoms with Crippen molar-refractivity contribution in [2.24, 2.45) is 0 Å². The van der Waals surface area contributed by atoms with Crippen LogP contribution < -0.4 is 10.3 Å². The van der Waals surface area contributed by atoms with Crippen LogP contribution in [0.2, 0.25) is 0 Å². The highest BCUT2D eigenvalue weighted by atomic mass is 32.2. The molecular formula is C15H17FN2O4S. The van der Waals surface area contributed by atoms with Crippen molar-refractivity contribution < 1.29 is 17.5 Å². The predicted octanol–water partition coefficient (Wildman–Crippen LogP) is 1.32. The van der Waals surface area contributed by atoms with Crippen molar-refractivity contribution in [1.82, 2.24) is 8.87 Å². The highest BCUT2D eigenvalue weighted by Gasteiger charge is 2.18. The van der Waals surface area contributed by atoms with E-state index in [0.29, 0.717) is 5.75 Å². The molecule has 0 aliphatic heterocycles. The van der Waals surface area contributed by atoms with Crippen molar-refractivity contribution in [3.05, 3.63) is 58.8 Å². The number of rotatable bonds is 6. The molecule has 0 N–H and O–H groups in total. The zero-order valence-electron chi connectivity index (χ0n) is 12.8. The molecular weight excluding hydrogens is 323 g/mol. The summed E-state index contributed by atoms with van der Waals surface area (Å²) in [6.07, 6.45) is 1.27. The van der Waals surface area contributed by atoms with Crippen LogP contribution in [0, 0.1) is 5.82 Å². The van der Waals surface area contributed by atoms with Gasteiger partial charge in [-0.05, 0) is 18.2 Å². The minimum Gasteiger partial charge on any atom is -0.492 e. The molecule has 0 spiro atoms. The van der Waals surface area contributed by atoms with Gasteiger partial charge in [0.15, 0.2) is 0 Å². The van der Waals surface area contributed by atoms with E-state index in [1.165, 1.54) is 55.2 Å². The lowest BCUT2D eigenvalue weighted by molar-refractivity contribution is 0.294. The Morgan fingerprint density at radius 1 is 1.22 bits per heavy atom. The molecule has 0 unspecified atom stereocenters. The molecule has 124 valence electrons. The average molecular weight is 340 g/mol. The van der Waals surface area contributed by atoms with Crippen LogP contribution in [0.25, 0.3) is 0 Å². The Balaban J connectivity index is 2.13. The minimum absolute atomic E-state index is 0.0212. The predicted molar refractivity (Wildman–Crippen MR) is 83.5 cm³/mol. The van der Waals surface area contributed by atoms with Crippen molar-refractivity contribution in [1.29, 1.82) is 0 Å². The number of aromatic nitrogens is 1. The normalized spacial score (nSPS) is 11.7. The van der Waals surface area contributed by atoms with Gasteiger partial charge in [0.25, 0.3) is 5.56 Å². The van der Waals surface area contributed by atoms with Crippen LogP contribution in [-0.4, -0.2) is 38.0 Å². The molecule has 1 aromatic heterocycles. The summed E-state index contributed by atoms with van der Waals surface area (Å²) in [6, 6.07) is 8.10. The fourth-order valence-electron chi connectivity index (χ4n) is 1.87. The number of nitrogens with zero attached hydrogens (tertiary/aromatic N) is 2. The van der Waals surface area contributed by atoms with Crippen molar-refractivity contribution >= 4 is 10.0 Å². The summed E-state index contributed by atoms with van der Waals surface area (Å²) in [5.41, 5.74) is -0.342. The Labute approximate surface area is 133 Å². The second-order valence-corrected chi connectivity index (χ2v) is 7.14. The molecule has 0 atom stereocenters. The molecule has 0 saturated carbocycles. The first-order valence-corrected chi connectivity index (χ1v) is 8.26. The second-order valence-electron chi connectivity index (χ2n) is 4.99. The number of benzene rings is 1. The fourth-order valence-corrected chi connectivity index (χ4v) is 2.79. The number of sulfonamides is 1. The van der Waals surface area contributed by atoms with Gasteiger partial charge in [0.1, 0.15) is 18.2 Å². The summed E-state index contributed by atoms with van der Waals surface area (Å²) in [6.45, 7) is 0.251. The van der Waals surface area contributed by atoms with E-state index in [-0.39, 0.29) is 23.6 Å². The molecule has 0 bridgehead atoms. The monoisotopic (exact) mass is 340 g/mol. The first kappa shape index (κ1) is 17.2. The molecule has 0 saturated heterocycles. The molecule has 1 heterocycles. The third-order valence-corrected chi connectivity index (χ3v) is 4.93. The van der Waals surface area contributed by atoms with Crippen molar-refractivity contribution in [2.75, 3.05) is 20.7 Å². The van der Waals surface area contributed by atoms with E-state index in [4.69, 9.17) is 4.74 Å². The number of hydrogen-bond donors (Lipinski definition) is 0. The highest BCUT2D eigenvalue weighted by molar-refractivity contribution is 7.89. The van der Waals surface area contributed by atoms with Crippen LogP contribution in [-0.2, 0) is 16.6 Å². The van der Waals surface area contributed by atoms with E-state index < -0.39 is 15.8 Å². The lowest BCUT2D eigenvalue weighted by Gasteiger charge is -2.13. The summed E-state index contributed by atoms with van der Waals surface area (Å²) < 4.78 is 44.8. The quantitative estimate of drug-likeness (QED) is 0.795. The summed E-state index contributed by atoms with van der Waals surface area (Å²) in [5.74, 6) is -0.0751. The molecule has 0 fully saturated rings. The molecule has 23 heavy (non-hydrogen) atoms. The fraction of sp³-hybridized carbons (Fsp3) is 0.267. The van der Waals surface area contributed by atoms with Crippen molar-refractivity contribution in [3.63, 3.8) is 0 Å². The van der Waals surface area contributed by atoms with Gasteiger partial charge < -0.3 is 9.30 Å². The Morgan fingerprint density at radius 2 is 1.96 bits per heavy atom. The second kappa shape index (κ2) is 6.93. The number of ether oxygens (including phenoxy) is 1. The summed E-state index contributed by atoms with van der Waals surface area (Å²) in [7, 11) is -0.787. The van der Waals surface area contributed by atoms with Gasteiger partial charge in [0.05, 0.1) is 11.4 Å². The van der Waals surface area contributed by atoms with Crippen LogP contribution in [0.4, 0.5) is 4.39 Å². The molecule has 2 rings (SSSR count). The standard InChI is InChI=1S/C15H17FN2O4S/c1-17(2)23(20,21)14-6-7-15(19)18(11-14)8-9-22-13-5-3-4-12(16)10-13/h3-7,10-11H,8-9H2,1-2H3. The van der Waals surface area contributed by atoms with Crippen LogP contribution in [0.5, 0.6) is 5.75 Å². The first-order valence-electron chi connectivity index (χ1n) is 6.82. The maximum absolute atomic E-state index is 13.0. The van der Waals surface area contributed by atoms with Gasteiger partial charge in [0.2, 0.25) is 10.0 Å². The lowest BCUT2D eigenvalue weighted by Crippen LogP contribution is -2.27. The van der Waals surface area contributed by atoms with Gasteiger partial charge in [0, 0.05) is 32.4 Å². The topological polar surface area (TPSA) is 68.6 Å². The largest absolute Gasteiger partial charge is 0.492 e. The van der Waals surface area contributed by atoms with Crippen LogP contribution in [0.15, 0.2) is 52.3 Å². The average Bonchev–Trinajstić information content (AvgIpc) is 2.49. The summed E-state index contributed by atoms with van der Waals surface area (Å²) >= 11 is 0. The third kappa shape index (κ3) is 4.17. The Morgan fingerprint density at radius 3 is 2.61 bits per heavy atom. The summed E-state index contributed by atoms with van der Waals surface area (Å²) in [5, 5.41) is 0. The Kier molecular flexibility index (Phi) is 5.17. The smallest absolute Gasteiger partial charge is 0.250 e.